The molecule has 0 fully saturated rings. The topological polar surface area (TPSA) is 47.9 Å². The van der Waals surface area contributed by atoms with Gasteiger partial charge in [0.05, 0.1) is 26.3 Å². The van der Waals surface area contributed by atoms with Crippen LogP contribution in [0.25, 0.3) is 10.9 Å². The summed E-state index contributed by atoms with van der Waals surface area (Å²) in [5, 5.41) is 1.23. The Kier molecular flexibility index (Phi) is 3.65. The Balaban J connectivity index is 1.77. The number of rotatable bonds is 2. The number of quaternary nitrogens is 1. The number of halogens is 1. The van der Waals surface area contributed by atoms with Crippen LogP contribution in [0.1, 0.15) is 22.7 Å². The molecule has 3 heterocycles. The van der Waals surface area contributed by atoms with Crippen LogP contribution >= 0.6 is 15.9 Å². The summed E-state index contributed by atoms with van der Waals surface area (Å²) < 4.78 is 18.3. The molecule has 2 N–H and O–H groups in total. The maximum atomic E-state index is 5.83. The lowest BCUT2D eigenvalue weighted by Gasteiger charge is -2.33. The highest BCUT2D eigenvalue weighted by Gasteiger charge is 2.38. The average molecular weight is 416 g/mol. The average Bonchev–Trinajstić information content (AvgIpc) is 3.26. The summed E-state index contributed by atoms with van der Waals surface area (Å²) in [6, 6.07) is 8.66. The molecule has 5 rings (SSSR count). The fraction of sp³-hybridized carbons (Fsp3) is 0.300. The van der Waals surface area contributed by atoms with E-state index in [1.54, 1.807) is 7.11 Å². The van der Waals surface area contributed by atoms with E-state index in [9.17, 15) is 0 Å². The largest absolute Gasteiger partial charge is 0.492 e. The van der Waals surface area contributed by atoms with Gasteiger partial charge in [-0.1, -0.05) is 15.9 Å². The first-order valence-corrected chi connectivity index (χ1v) is 9.55. The van der Waals surface area contributed by atoms with Crippen molar-refractivity contribution in [1.82, 2.24) is 4.98 Å². The van der Waals surface area contributed by atoms with Gasteiger partial charge < -0.3 is 24.1 Å². The number of aromatic amines is 1. The van der Waals surface area contributed by atoms with Crippen LogP contribution in [0.2, 0.25) is 0 Å². The lowest BCUT2D eigenvalue weighted by atomic mass is 9.87. The fourth-order valence-corrected chi connectivity index (χ4v) is 4.66. The Morgan fingerprint density at radius 2 is 2.15 bits per heavy atom. The number of hydrogen-bond acceptors (Lipinski definition) is 3. The summed E-state index contributed by atoms with van der Waals surface area (Å²) in [6.45, 7) is 1.31. The van der Waals surface area contributed by atoms with Gasteiger partial charge in [0.2, 0.25) is 12.5 Å². The van der Waals surface area contributed by atoms with Gasteiger partial charge in [0.25, 0.3) is 0 Å². The third-order valence-electron chi connectivity index (χ3n) is 5.50. The molecule has 2 atom stereocenters. The Hall–Kier alpha value is -2.18. The van der Waals surface area contributed by atoms with E-state index in [4.69, 9.17) is 14.2 Å². The van der Waals surface area contributed by atoms with Crippen LogP contribution in [0, 0.1) is 0 Å². The molecule has 0 spiro atoms. The molecule has 2 aliphatic rings. The fourth-order valence-electron chi connectivity index (χ4n) is 4.30. The Labute approximate surface area is 160 Å². The zero-order valence-electron chi connectivity index (χ0n) is 14.7. The van der Waals surface area contributed by atoms with Crippen LogP contribution in [0.4, 0.5) is 0 Å². The molecule has 0 aliphatic carbocycles. The zero-order chi connectivity index (χ0) is 17.8. The van der Waals surface area contributed by atoms with E-state index in [1.807, 2.05) is 0 Å². The summed E-state index contributed by atoms with van der Waals surface area (Å²) in [5.41, 5.74) is 4.91. The minimum Gasteiger partial charge on any atom is -0.492 e. The van der Waals surface area contributed by atoms with Gasteiger partial charge >= 0.3 is 0 Å². The summed E-state index contributed by atoms with van der Waals surface area (Å²) in [7, 11) is 3.96. The first-order valence-electron chi connectivity index (χ1n) is 8.75. The molecule has 2 aliphatic heterocycles. The maximum Gasteiger partial charge on any atom is 0.231 e. The van der Waals surface area contributed by atoms with Gasteiger partial charge in [-0.25, -0.2) is 0 Å². The Morgan fingerprint density at radius 3 is 3.00 bits per heavy atom. The molecule has 26 heavy (non-hydrogen) atoms. The van der Waals surface area contributed by atoms with Gasteiger partial charge in [0.1, 0.15) is 6.04 Å². The number of likely N-dealkylation sites (N-methyl/N-ethyl adjacent to an activating group) is 1. The van der Waals surface area contributed by atoms with E-state index in [0.717, 1.165) is 40.2 Å². The van der Waals surface area contributed by atoms with Crippen LogP contribution in [0.3, 0.4) is 0 Å². The van der Waals surface area contributed by atoms with Crippen molar-refractivity contribution in [3.63, 3.8) is 0 Å². The molecule has 3 aromatic rings. The van der Waals surface area contributed by atoms with Gasteiger partial charge in [-0.05, 0) is 29.8 Å². The number of H-pyrrole nitrogens is 1. The van der Waals surface area contributed by atoms with Crippen molar-refractivity contribution in [3.8, 4) is 17.2 Å². The predicted octanol–water partition coefficient (Wildman–Crippen LogP) is 2.83. The minimum atomic E-state index is 0.172. The van der Waals surface area contributed by atoms with Crippen LogP contribution in [-0.4, -0.2) is 32.5 Å². The van der Waals surface area contributed by atoms with E-state index in [1.165, 1.54) is 27.0 Å². The van der Waals surface area contributed by atoms with Gasteiger partial charge in [-0.15, -0.1) is 0 Å². The second kappa shape index (κ2) is 5.93. The van der Waals surface area contributed by atoms with Crippen LogP contribution < -0.4 is 19.1 Å². The Morgan fingerprint density at radius 1 is 1.27 bits per heavy atom. The summed E-state index contributed by atoms with van der Waals surface area (Å²) in [5.74, 6) is 2.33. The quantitative estimate of drug-likeness (QED) is 0.676. The van der Waals surface area contributed by atoms with E-state index >= 15 is 0 Å². The summed E-state index contributed by atoms with van der Waals surface area (Å²) in [4.78, 5) is 4.86. The van der Waals surface area contributed by atoms with Crippen molar-refractivity contribution in [2.24, 2.45) is 0 Å². The van der Waals surface area contributed by atoms with E-state index < -0.39 is 0 Å². The van der Waals surface area contributed by atoms with Crippen molar-refractivity contribution >= 4 is 26.8 Å². The van der Waals surface area contributed by atoms with Gasteiger partial charge in [0.15, 0.2) is 11.5 Å². The standard InChI is InChI=1S/C20H19BrN2O3/c1-23-6-5-11-7-16-19(26-10-25-16)20(24-2)17(11)18(23)14-9-22-15-4-3-12(21)8-13(14)15/h3-4,7-9,18,22H,5-6,10H2,1-2H3/p+1/t18-/m0/s1. The van der Waals surface area contributed by atoms with E-state index in [2.05, 4.69) is 58.4 Å². The normalized spacial score (nSPS) is 21.0. The molecule has 0 bridgehead atoms. The van der Waals surface area contributed by atoms with Crippen LogP contribution in [0.5, 0.6) is 17.2 Å². The number of methoxy groups -OCH3 is 1. The van der Waals surface area contributed by atoms with Crippen LogP contribution in [-0.2, 0) is 6.42 Å². The molecule has 2 aromatic carbocycles. The van der Waals surface area contributed by atoms with E-state index in [-0.39, 0.29) is 12.8 Å². The summed E-state index contributed by atoms with van der Waals surface area (Å²) >= 11 is 3.61. The lowest BCUT2D eigenvalue weighted by Crippen LogP contribution is -3.10. The highest BCUT2D eigenvalue weighted by atomic mass is 79.9. The third kappa shape index (κ3) is 2.25. The Bertz CT molecular complexity index is 1010. The maximum absolute atomic E-state index is 5.83. The number of hydrogen-bond donors (Lipinski definition) is 2. The van der Waals surface area contributed by atoms with Crippen molar-refractivity contribution < 1.29 is 19.1 Å². The first kappa shape index (κ1) is 16.0. The van der Waals surface area contributed by atoms with Gasteiger partial charge in [0, 0.05) is 33.6 Å². The number of ether oxygens (including phenoxy) is 3. The molecule has 6 heteroatoms. The van der Waals surface area contributed by atoms with E-state index in [0.29, 0.717) is 0 Å². The van der Waals surface area contributed by atoms with Crippen molar-refractivity contribution in [2.45, 2.75) is 12.5 Å². The number of benzene rings is 2. The number of aromatic nitrogens is 1. The highest BCUT2D eigenvalue weighted by molar-refractivity contribution is 9.10. The summed E-state index contributed by atoms with van der Waals surface area (Å²) in [6.07, 6.45) is 3.13. The first-order chi connectivity index (χ1) is 12.7. The predicted molar refractivity (Wildman–Crippen MR) is 102 cm³/mol. The molecule has 0 saturated heterocycles. The molecule has 0 radical (unpaired) electrons. The third-order valence-corrected chi connectivity index (χ3v) is 6.00. The SMILES string of the molecule is COc1c2c(cc3c1[C@H](c1c[nH]c4ccc(Br)cc14)[NH+](C)CC3)OCO2. The highest BCUT2D eigenvalue weighted by Crippen LogP contribution is 2.48. The van der Waals surface area contributed by atoms with Crippen molar-refractivity contribution in [3.05, 3.63) is 51.6 Å². The molecule has 134 valence electrons. The van der Waals surface area contributed by atoms with Crippen molar-refractivity contribution in [1.29, 1.82) is 0 Å². The molecular formula is C20H20BrN2O3+. The zero-order valence-corrected chi connectivity index (χ0v) is 16.3. The molecular weight excluding hydrogens is 396 g/mol. The number of fused-ring (bicyclic) bond motifs is 3. The molecule has 0 amide bonds. The molecule has 1 unspecified atom stereocenters. The number of nitrogens with one attached hydrogen (secondary N) is 2. The van der Waals surface area contributed by atoms with Crippen LogP contribution in [0.15, 0.2) is 34.9 Å². The minimum absolute atomic E-state index is 0.172. The molecule has 0 saturated carbocycles. The van der Waals surface area contributed by atoms with Crippen molar-refractivity contribution in [2.75, 3.05) is 27.5 Å². The smallest absolute Gasteiger partial charge is 0.231 e. The lowest BCUT2D eigenvalue weighted by molar-refractivity contribution is -0.908. The second-order valence-electron chi connectivity index (χ2n) is 6.93. The molecule has 1 aromatic heterocycles. The van der Waals surface area contributed by atoms with Gasteiger partial charge in [-0.3, -0.25) is 0 Å². The molecule has 5 nitrogen and oxygen atoms in total. The van der Waals surface area contributed by atoms with Gasteiger partial charge in [-0.2, -0.15) is 0 Å². The second-order valence-corrected chi connectivity index (χ2v) is 7.85. The monoisotopic (exact) mass is 415 g/mol.